The van der Waals surface area contributed by atoms with Gasteiger partial charge in [0.2, 0.25) is 0 Å². The number of hydrogen-bond acceptors (Lipinski definition) is 5. The van der Waals surface area contributed by atoms with Crippen LogP contribution in [0.2, 0.25) is 0 Å². The number of aromatic nitrogens is 1. The van der Waals surface area contributed by atoms with Crippen LogP contribution in [-0.2, 0) is 0 Å². The Morgan fingerprint density at radius 1 is 0.964 bits per heavy atom. The first-order valence-corrected chi connectivity index (χ1v) is 9.77. The fourth-order valence-corrected chi connectivity index (χ4v) is 4.03. The normalized spacial score (nSPS) is 19.9. The van der Waals surface area contributed by atoms with Gasteiger partial charge in [-0.2, -0.15) is 0 Å². The smallest absolute Gasteiger partial charge is 0.137 e. The Balaban J connectivity index is 1.56. The average molecular weight is 373 g/mol. The van der Waals surface area contributed by atoms with Gasteiger partial charge in [-0.15, -0.1) is 0 Å². The van der Waals surface area contributed by atoms with Crippen LogP contribution in [0.15, 0.2) is 59.1 Å². The van der Waals surface area contributed by atoms with Crippen molar-refractivity contribution in [3.8, 4) is 17.1 Å². The Kier molecular flexibility index (Phi) is 4.17. The summed E-state index contributed by atoms with van der Waals surface area (Å²) < 4.78 is 12.3. The molecular formula is C23H23N3O2. The molecule has 1 aliphatic rings. The summed E-state index contributed by atoms with van der Waals surface area (Å²) in [5.41, 5.74) is 13.9. The number of nitrogens with two attached hydrogens (primary N) is 2. The molecule has 4 N–H and O–H groups in total. The average Bonchev–Trinajstić information content (AvgIpc) is 3.14. The van der Waals surface area contributed by atoms with Crippen molar-refractivity contribution in [3.63, 3.8) is 0 Å². The summed E-state index contributed by atoms with van der Waals surface area (Å²) in [4.78, 5) is 4.37. The molecule has 1 saturated carbocycles. The van der Waals surface area contributed by atoms with Crippen molar-refractivity contribution in [2.24, 2.45) is 5.73 Å². The maximum Gasteiger partial charge on any atom is 0.137 e. The van der Waals surface area contributed by atoms with Crippen molar-refractivity contribution in [1.82, 2.24) is 4.98 Å². The Hall–Kier alpha value is -3.05. The van der Waals surface area contributed by atoms with Gasteiger partial charge in [0.15, 0.2) is 0 Å². The third-order valence-corrected chi connectivity index (χ3v) is 5.60. The SMILES string of the molecule is Nc1ncc(-c2cc3ccccc3o2)c2cc(OC3CCC(N)CC3)ccc12. The van der Waals surface area contributed by atoms with Gasteiger partial charge in [-0.3, -0.25) is 0 Å². The van der Waals surface area contributed by atoms with Crippen LogP contribution >= 0.6 is 0 Å². The summed E-state index contributed by atoms with van der Waals surface area (Å²) in [5, 5.41) is 2.95. The number of benzene rings is 2. The predicted octanol–water partition coefficient (Wildman–Crippen LogP) is 4.88. The van der Waals surface area contributed by atoms with Crippen LogP contribution < -0.4 is 16.2 Å². The molecule has 5 heteroatoms. The topological polar surface area (TPSA) is 87.3 Å². The van der Waals surface area contributed by atoms with Gasteiger partial charge < -0.3 is 20.6 Å². The third kappa shape index (κ3) is 3.08. The summed E-state index contributed by atoms with van der Waals surface area (Å²) in [7, 11) is 0. The molecule has 1 aliphatic carbocycles. The van der Waals surface area contributed by atoms with Crippen molar-refractivity contribution in [3.05, 3.63) is 54.7 Å². The fraction of sp³-hybridized carbons (Fsp3) is 0.261. The van der Waals surface area contributed by atoms with Crippen LogP contribution in [0, 0.1) is 0 Å². The number of anilines is 1. The van der Waals surface area contributed by atoms with E-state index in [4.69, 9.17) is 20.6 Å². The lowest BCUT2D eigenvalue weighted by atomic mass is 9.93. The Morgan fingerprint density at radius 3 is 2.61 bits per heavy atom. The summed E-state index contributed by atoms with van der Waals surface area (Å²) in [6.45, 7) is 0. The molecule has 1 fully saturated rings. The highest BCUT2D eigenvalue weighted by Gasteiger charge is 2.20. The van der Waals surface area contributed by atoms with Crippen molar-refractivity contribution in [1.29, 1.82) is 0 Å². The predicted molar refractivity (Wildman–Crippen MR) is 112 cm³/mol. The zero-order chi connectivity index (χ0) is 19.1. The van der Waals surface area contributed by atoms with E-state index >= 15 is 0 Å². The van der Waals surface area contributed by atoms with E-state index in [1.54, 1.807) is 6.20 Å². The molecule has 5 nitrogen and oxygen atoms in total. The molecule has 142 valence electrons. The van der Waals surface area contributed by atoms with Gasteiger partial charge in [0, 0.05) is 34.0 Å². The van der Waals surface area contributed by atoms with E-state index in [1.807, 2.05) is 48.5 Å². The van der Waals surface area contributed by atoms with Crippen LogP contribution in [0.5, 0.6) is 5.75 Å². The molecule has 0 spiro atoms. The van der Waals surface area contributed by atoms with E-state index in [2.05, 4.69) is 4.98 Å². The zero-order valence-corrected chi connectivity index (χ0v) is 15.6. The molecule has 5 rings (SSSR count). The summed E-state index contributed by atoms with van der Waals surface area (Å²) in [6, 6.07) is 16.3. The number of pyridine rings is 1. The number of nitrogens with zero attached hydrogens (tertiary/aromatic N) is 1. The quantitative estimate of drug-likeness (QED) is 0.534. The van der Waals surface area contributed by atoms with Gasteiger partial charge in [-0.05, 0) is 56.0 Å². The molecular weight excluding hydrogens is 350 g/mol. The van der Waals surface area contributed by atoms with Gasteiger partial charge in [0.1, 0.15) is 22.9 Å². The summed E-state index contributed by atoms with van der Waals surface area (Å²) in [5.74, 6) is 2.13. The number of furan rings is 1. The molecule has 2 aromatic carbocycles. The minimum atomic E-state index is 0.214. The minimum Gasteiger partial charge on any atom is -0.490 e. The molecule has 0 saturated heterocycles. The molecule has 0 bridgehead atoms. The number of fused-ring (bicyclic) bond motifs is 2. The molecule has 28 heavy (non-hydrogen) atoms. The molecule has 2 aromatic heterocycles. The Labute approximate surface area is 163 Å². The molecule has 4 aromatic rings. The molecule has 0 atom stereocenters. The van der Waals surface area contributed by atoms with Gasteiger partial charge >= 0.3 is 0 Å². The summed E-state index contributed by atoms with van der Waals surface area (Å²) >= 11 is 0. The molecule has 0 aliphatic heterocycles. The van der Waals surface area contributed by atoms with E-state index in [0.717, 1.165) is 64.5 Å². The second-order valence-electron chi connectivity index (χ2n) is 7.57. The third-order valence-electron chi connectivity index (χ3n) is 5.60. The van der Waals surface area contributed by atoms with Gasteiger partial charge in [0.05, 0.1) is 6.10 Å². The maximum absolute atomic E-state index is 6.25. The first-order valence-electron chi connectivity index (χ1n) is 9.77. The molecule has 0 amide bonds. The Bertz CT molecular complexity index is 1110. The first kappa shape index (κ1) is 17.1. The van der Waals surface area contributed by atoms with Gasteiger partial charge in [0.25, 0.3) is 0 Å². The standard InChI is InChI=1S/C23H23N3O2/c24-15-5-7-16(8-6-15)27-17-9-10-18-19(12-17)20(13-26-23(18)25)22-11-14-3-1-2-4-21(14)28-22/h1-4,9-13,15-16H,5-8,24H2,(H2,25,26). The van der Waals surface area contributed by atoms with Crippen molar-refractivity contribution in [2.45, 2.75) is 37.8 Å². The van der Waals surface area contributed by atoms with Crippen LogP contribution in [0.1, 0.15) is 25.7 Å². The van der Waals surface area contributed by atoms with Gasteiger partial charge in [-0.25, -0.2) is 4.98 Å². The monoisotopic (exact) mass is 373 g/mol. The fourth-order valence-electron chi connectivity index (χ4n) is 4.03. The van der Waals surface area contributed by atoms with E-state index in [9.17, 15) is 0 Å². The lowest BCUT2D eigenvalue weighted by Crippen LogP contribution is -2.31. The largest absolute Gasteiger partial charge is 0.490 e. The molecule has 0 radical (unpaired) electrons. The van der Waals surface area contributed by atoms with Crippen molar-refractivity contribution < 1.29 is 9.15 Å². The lowest BCUT2D eigenvalue weighted by molar-refractivity contribution is 0.147. The second-order valence-corrected chi connectivity index (χ2v) is 7.57. The van der Waals surface area contributed by atoms with Crippen LogP contribution in [0.4, 0.5) is 5.82 Å². The Morgan fingerprint density at radius 2 is 1.79 bits per heavy atom. The van der Waals surface area contributed by atoms with Crippen molar-refractivity contribution >= 4 is 27.6 Å². The molecule has 0 unspecified atom stereocenters. The van der Waals surface area contributed by atoms with Gasteiger partial charge in [-0.1, -0.05) is 18.2 Å². The number of para-hydroxylation sites is 1. The maximum atomic E-state index is 6.25. The van der Waals surface area contributed by atoms with E-state index < -0.39 is 0 Å². The highest BCUT2D eigenvalue weighted by Crippen LogP contribution is 2.36. The van der Waals surface area contributed by atoms with E-state index in [0.29, 0.717) is 11.9 Å². The number of nitrogen functional groups attached to an aromatic ring is 1. The summed E-state index contributed by atoms with van der Waals surface area (Å²) in [6.07, 6.45) is 6.01. The van der Waals surface area contributed by atoms with Crippen molar-refractivity contribution in [2.75, 3.05) is 5.73 Å². The van der Waals surface area contributed by atoms with E-state index in [1.165, 1.54) is 0 Å². The lowest BCUT2D eigenvalue weighted by Gasteiger charge is -2.27. The van der Waals surface area contributed by atoms with Crippen LogP contribution in [0.3, 0.4) is 0 Å². The molecule has 2 heterocycles. The number of ether oxygens (including phenoxy) is 1. The first-order chi connectivity index (χ1) is 13.7. The zero-order valence-electron chi connectivity index (χ0n) is 15.6. The minimum absolute atomic E-state index is 0.214. The second kappa shape index (κ2) is 6.84. The number of hydrogen-bond donors (Lipinski definition) is 2. The highest BCUT2D eigenvalue weighted by atomic mass is 16.5. The van der Waals surface area contributed by atoms with Crippen LogP contribution in [-0.4, -0.2) is 17.1 Å². The van der Waals surface area contributed by atoms with Crippen LogP contribution in [0.25, 0.3) is 33.1 Å². The highest BCUT2D eigenvalue weighted by molar-refractivity contribution is 6.02. The van der Waals surface area contributed by atoms with E-state index in [-0.39, 0.29) is 6.10 Å². The number of rotatable bonds is 3.